The van der Waals surface area contributed by atoms with E-state index in [1.807, 2.05) is 30.5 Å². The van der Waals surface area contributed by atoms with E-state index in [-0.39, 0.29) is 10.7 Å². The van der Waals surface area contributed by atoms with Crippen LogP contribution in [-0.2, 0) is 6.54 Å². The van der Waals surface area contributed by atoms with Crippen molar-refractivity contribution in [3.05, 3.63) is 46.7 Å². The molecule has 6 heteroatoms. The Hall–Kier alpha value is -1.77. The highest BCUT2D eigenvalue weighted by Gasteiger charge is 2.05. The number of benzene rings is 1. The quantitative estimate of drug-likeness (QED) is 0.691. The molecule has 1 aromatic carbocycles. The maximum absolute atomic E-state index is 8.75. The largest absolute Gasteiger partial charge is 0.350 e. The van der Waals surface area contributed by atoms with Crippen LogP contribution in [0.25, 0.3) is 0 Å². The zero-order valence-electron chi connectivity index (χ0n) is 10.2. The van der Waals surface area contributed by atoms with Crippen molar-refractivity contribution >= 4 is 29.3 Å². The Kier molecular flexibility index (Phi) is 4.61. The third kappa shape index (κ3) is 3.37. The van der Waals surface area contributed by atoms with Crippen LogP contribution in [0.5, 0.6) is 0 Å². The van der Waals surface area contributed by atoms with Gasteiger partial charge in [0.25, 0.3) is 0 Å². The first kappa shape index (κ1) is 13.7. The summed E-state index contributed by atoms with van der Waals surface area (Å²) >= 11 is 7.54. The number of aromatic nitrogens is 2. The molecule has 0 amide bonds. The highest BCUT2D eigenvalue weighted by Crippen LogP contribution is 2.20. The van der Waals surface area contributed by atoms with E-state index < -0.39 is 0 Å². The number of anilines is 1. The Morgan fingerprint density at radius 1 is 1.42 bits per heavy atom. The molecule has 0 saturated heterocycles. The summed E-state index contributed by atoms with van der Waals surface area (Å²) < 4.78 is 0. The molecule has 0 fully saturated rings. The molecule has 0 unspecified atom stereocenters. The molecule has 0 aliphatic carbocycles. The Morgan fingerprint density at radius 2 is 2.21 bits per heavy atom. The average Bonchev–Trinajstić information content (AvgIpc) is 2.45. The molecule has 19 heavy (non-hydrogen) atoms. The van der Waals surface area contributed by atoms with Crippen molar-refractivity contribution in [3.63, 3.8) is 0 Å². The van der Waals surface area contributed by atoms with Crippen molar-refractivity contribution in [3.8, 4) is 6.07 Å². The van der Waals surface area contributed by atoms with Crippen molar-refractivity contribution in [2.75, 3.05) is 11.6 Å². The zero-order valence-corrected chi connectivity index (χ0v) is 11.8. The van der Waals surface area contributed by atoms with Crippen molar-refractivity contribution in [1.82, 2.24) is 9.97 Å². The highest BCUT2D eigenvalue weighted by atomic mass is 35.5. The predicted octanol–water partition coefficient (Wildman–Crippen LogP) is 3.34. The SMILES string of the molecule is CSc1ccccc1CNc1ncc(C#N)c(Cl)n1. The number of nitrogens with zero attached hydrogens (tertiary/aromatic N) is 3. The molecule has 0 bridgehead atoms. The Balaban J connectivity index is 2.11. The van der Waals surface area contributed by atoms with Crippen LogP contribution in [-0.4, -0.2) is 16.2 Å². The van der Waals surface area contributed by atoms with Gasteiger partial charge in [-0.1, -0.05) is 29.8 Å². The summed E-state index contributed by atoms with van der Waals surface area (Å²) in [6.07, 6.45) is 3.45. The number of nitrogens with one attached hydrogen (secondary N) is 1. The lowest BCUT2D eigenvalue weighted by Gasteiger charge is -2.08. The van der Waals surface area contributed by atoms with Gasteiger partial charge < -0.3 is 5.32 Å². The Morgan fingerprint density at radius 3 is 2.89 bits per heavy atom. The molecule has 0 radical (unpaired) electrons. The highest BCUT2D eigenvalue weighted by molar-refractivity contribution is 7.98. The molecule has 0 atom stereocenters. The van der Waals surface area contributed by atoms with Crippen molar-refractivity contribution < 1.29 is 0 Å². The molecule has 1 heterocycles. The van der Waals surface area contributed by atoms with Crippen molar-refractivity contribution in [2.45, 2.75) is 11.4 Å². The lowest BCUT2D eigenvalue weighted by molar-refractivity contribution is 1.03. The van der Waals surface area contributed by atoms with Gasteiger partial charge in [-0.3, -0.25) is 0 Å². The van der Waals surface area contributed by atoms with Crippen LogP contribution >= 0.6 is 23.4 Å². The number of hydrogen-bond donors (Lipinski definition) is 1. The van der Waals surface area contributed by atoms with E-state index in [0.29, 0.717) is 12.5 Å². The number of rotatable bonds is 4. The van der Waals surface area contributed by atoms with Gasteiger partial charge in [0.2, 0.25) is 5.95 Å². The van der Waals surface area contributed by atoms with Crippen molar-refractivity contribution in [2.24, 2.45) is 0 Å². The van der Waals surface area contributed by atoms with E-state index in [9.17, 15) is 0 Å². The fourth-order valence-electron chi connectivity index (χ4n) is 1.54. The molecule has 0 aliphatic heterocycles. The van der Waals surface area contributed by atoms with E-state index in [0.717, 1.165) is 0 Å². The normalized spacial score (nSPS) is 9.95. The van der Waals surface area contributed by atoms with E-state index in [1.165, 1.54) is 16.7 Å². The molecule has 4 nitrogen and oxygen atoms in total. The van der Waals surface area contributed by atoms with Crippen LogP contribution in [0.3, 0.4) is 0 Å². The lowest BCUT2D eigenvalue weighted by Crippen LogP contribution is -2.05. The summed E-state index contributed by atoms with van der Waals surface area (Å²) in [6.45, 7) is 0.610. The molecule has 0 saturated carbocycles. The van der Waals surface area contributed by atoms with Crippen LogP contribution in [0, 0.1) is 11.3 Å². The van der Waals surface area contributed by atoms with Crippen LogP contribution in [0.15, 0.2) is 35.4 Å². The molecule has 0 spiro atoms. The summed E-state index contributed by atoms with van der Waals surface area (Å²) in [5.41, 5.74) is 1.44. The van der Waals surface area contributed by atoms with E-state index in [2.05, 4.69) is 21.4 Å². The summed E-state index contributed by atoms with van der Waals surface area (Å²) in [5, 5.41) is 12.0. The van der Waals surface area contributed by atoms with Gasteiger partial charge >= 0.3 is 0 Å². The minimum absolute atomic E-state index is 0.165. The Bertz CT molecular complexity index is 624. The zero-order chi connectivity index (χ0) is 13.7. The second-order valence-corrected chi connectivity index (χ2v) is 4.88. The van der Waals surface area contributed by atoms with Crippen molar-refractivity contribution in [1.29, 1.82) is 5.26 Å². The number of nitriles is 1. The maximum atomic E-state index is 8.75. The molecule has 1 N–H and O–H groups in total. The van der Waals surface area contributed by atoms with E-state index >= 15 is 0 Å². The summed E-state index contributed by atoms with van der Waals surface area (Å²) in [5.74, 6) is 0.417. The first-order valence-electron chi connectivity index (χ1n) is 5.53. The monoisotopic (exact) mass is 290 g/mol. The summed E-state index contributed by atoms with van der Waals surface area (Å²) in [4.78, 5) is 9.28. The third-order valence-electron chi connectivity index (χ3n) is 2.49. The first-order valence-corrected chi connectivity index (χ1v) is 7.13. The third-order valence-corrected chi connectivity index (χ3v) is 3.62. The van der Waals surface area contributed by atoms with Crippen LogP contribution in [0.2, 0.25) is 5.15 Å². The van der Waals surface area contributed by atoms with E-state index in [4.69, 9.17) is 16.9 Å². The summed E-state index contributed by atoms with van der Waals surface area (Å²) in [7, 11) is 0. The molecule has 2 rings (SSSR count). The molecule has 2 aromatic rings. The van der Waals surface area contributed by atoms with Crippen LogP contribution in [0.1, 0.15) is 11.1 Å². The fraction of sp³-hybridized carbons (Fsp3) is 0.154. The standard InChI is InChI=1S/C13H11ClN4S/c1-19-11-5-3-2-4-9(11)7-16-13-17-8-10(6-15)12(14)18-13/h2-5,8H,7H2,1H3,(H,16,17,18). The molecule has 96 valence electrons. The lowest BCUT2D eigenvalue weighted by atomic mass is 10.2. The topological polar surface area (TPSA) is 61.6 Å². The summed E-state index contributed by atoms with van der Waals surface area (Å²) in [6, 6.07) is 10.0. The minimum atomic E-state index is 0.165. The first-order chi connectivity index (χ1) is 9.24. The van der Waals surface area contributed by atoms with Gasteiger partial charge in [-0.2, -0.15) is 10.2 Å². The van der Waals surface area contributed by atoms with Gasteiger partial charge in [0.15, 0.2) is 5.15 Å². The van der Waals surface area contributed by atoms with Crippen LogP contribution < -0.4 is 5.32 Å². The average molecular weight is 291 g/mol. The number of halogens is 1. The van der Waals surface area contributed by atoms with Gasteiger partial charge in [-0.05, 0) is 17.9 Å². The molecule has 0 aliphatic rings. The second kappa shape index (κ2) is 6.41. The van der Waals surface area contributed by atoms with E-state index in [1.54, 1.807) is 11.8 Å². The van der Waals surface area contributed by atoms with Gasteiger partial charge in [-0.25, -0.2) is 4.98 Å². The van der Waals surface area contributed by atoms with Crippen LogP contribution in [0.4, 0.5) is 5.95 Å². The van der Waals surface area contributed by atoms with Gasteiger partial charge in [0, 0.05) is 11.4 Å². The molecular formula is C13H11ClN4S. The Labute approximate surface area is 120 Å². The fourth-order valence-corrected chi connectivity index (χ4v) is 2.33. The number of thioether (sulfide) groups is 1. The maximum Gasteiger partial charge on any atom is 0.224 e. The second-order valence-electron chi connectivity index (χ2n) is 3.68. The number of hydrogen-bond acceptors (Lipinski definition) is 5. The van der Waals surface area contributed by atoms with Gasteiger partial charge in [0.1, 0.15) is 11.6 Å². The minimum Gasteiger partial charge on any atom is -0.350 e. The predicted molar refractivity (Wildman–Crippen MR) is 77.3 cm³/mol. The smallest absolute Gasteiger partial charge is 0.224 e. The van der Waals surface area contributed by atoms with Gasteiger partial charge in [0.05, 0.1) is 6.20 Å². The van der Waals surface area contributed by atoms with Gasteiger partial charge in [-0.15, -0.1) is 11.8 Å². The molecule has 1 aromatic heterocycles. The molecular weight excluding hydrogens is 280 g/mol.